The summed E-state index contributed by atoms with van der Waals surface area (Å²) in [7, 11) is 0. The lowest BCUT2D eigenvalue weighted by molar-refractivity contribution is 0.468. The molecule has 2 atom stereocenters. The quantitative estimate of drug-likeness (QED) is 0.0668. The van der Waals surface area contributed by atoms with Gasteiger partial charge in [-0.25, -0.2) is 0 Å². The van der Waals surface area contributed by atoms with Gasteiger partial charge in [0.2, 0.25) is 0 Å². The first-order valence-corrected chi connectivity index (χ1v) is 20.6. The van der Waals surface area contributed by atoms with Gasteiger partial charge in [0.15, 0.2) is 0 Å². The molecular weight excluding hydrogens is 715 g/mol. The lowest BCUT2D eigenvalue weighted by atomic mass is 9.90. The van der Waals surface area contributed by atoms with Crippen molar-refractivity contribution in [3.8, 4) is 0 Å². The van der Waals surface area contributed by atoms with E-state index in [-0.39, 0.29) is 12.1 Å². The molecule has 59 heavy (non-hydrogen) atoms. The van der Waals surface area contributed by atoms with E-state index in [1.807, 2.05) is 42.6 Å². The molecule has 0 spiro atoms. The van der Waals surface area contributed by atoms with Crippen LogP contribution in [0, 0.1) is 5.92 Å². The van der Waals surface area contributed by atoms with Gasteiger partial charge < -0.3 is 5.32 Å². The van der Waals surface area contributed by atoms with Gasteiger partial charge in [0.05, 0.1) is 5.71 Å². The Morgan fingerprint density at radius 1 is 0.932 bits per heavy atom. The smallest absolute Gasteiger partial charge is 0.126 e. The largest absolute Gasteiger partial charge is 0.363 e. The van der Waals surface area contributed by atoms with E-state index in [0.29, 0.717) is 6.42 Å². The summed E-state index contributed by atoms with van der Waals surface area (Å²) in [6.07, 6.45) is 50.6. The second kappa shape index (κ2) is 25.7. The van der Waals surface area contributed by atoms with Gasteiger partial charge in [0.25, 0.3) is 0 Å². The number of aliphatic imine (C=N–C) groups is 1. The highest BCUT2D eigenvalue weighted by Gasteiger charge is 2.25. The van der Waals surface area contributed by atoms with Crippen LogP contribution < -0.4 is 5.32 Å². The molecule has 1 N–H and O–H groups in total. The second-order valence-corrected chi connectivity index (χ2v) is 14.5. The fraction of sp³-hybridized carbons (Fsp3) is 0.196. The van der Waals surface area contributed by atoms with E-state index >= 15 is 0 Å². The molecule has 2 unspecified atom stereocenters. The van der Waals surface area contributed by atoms with Crippen LogP contribution in [0.25, 0.3) is 17.3 Å². The maximum Gasteiger partial charge on any atom is 0.126 e. The molecule has 3 nitrogen and oxygen atoms in total. The standard InChI is InChI=1S/C56H61N3/c1-8-12-14-15-16-21-30-47-31-26-36-52(41-47)55-42-54(51(28-10-3)40-46(7)53-37-27-38-57-43-53)58-56(59-55)48(11-4)39-45(6)50-34-24-19-17-22-32-49(44(5)29-13-9-2)33-23-18-20-25-35-50/h9-12,17,19,21-28,30-38,40-43,48,56,59H,1-6,13-16,18,20,29,39H2,7H3/b22-17-,24-19-,30-21+,33-23+,35-25+,46-40+,49-32-,50-34-,51-28+. The maximum atomic E-state index is 5.37. The summed E-state index contributed by atoms with van der Waals surface area (Å²) in [6, 6.07) is 12.7. The Kier molecular flexibility index (Phi) is 19.6. The Hall–Kier alpha value is -6.54. The van der Waals surface area contributed by atoms with E-state index in [2.05, 4.69) is 178 Å². The summed E-state index contributed by atoms with van der Waals surface area (Å²) in [4.78, 5) is 9.71. The number of nitrogens with zero attached hydrogens (tertiary/aromatic N) is 2. The van der Waals surface area contributed by atoms with Crippen LogP contribution in [0.2, 0.25) is 0 Å². The number of benzene rings is 1. The van der Waals surface area contributed by atoms with Gasteiger partial charge in [-0.15, -0.1) is 18.9 Å². The number of allylic oxidation sites excluding steroid dienone is 23. The minimum absolute atomic E-state index is 0.0609. The SMILES string of the molecule is C=C=CCCC/C=C/c1cccc(C2=CC(C(=C/C=C)/C=C(\C)c3cccnc3)=NC(C(C=C)CC(=C)C3=C\C=C/C=C\C=C(C(=C)CCC=C)\C=C\CC\C=C\3)N2)c1. The van der Waals surface area contributed by atoms with Crippen LogP contribution in [0.3, 0.4) is 0 Å². The molecule has 0 saturated carbocycles. The van der Waals surface area contributed by atoms with Gasteiger partial charge in [-0.05, 0) is 133 Å². The number of rotatable bonds is 19. The third-order valence-corrected chi connectivity index (χ3v) is 9.95. The Morgan fingerprint density at radius 3 is 2.37 bits per heavy atom. The van der Waals surface area contributed by atoms with Crippen molar-refractivity contribution in [3.63, 3.8) is 0 Å². The highest BCUT2D eigenvalue weighted by Crippen LogP contribution is 2.30. The lowest BCUT2D eigenvalue weighted by Crippen LogP contribution is -2.37. The maximum absolute atomic E-state index is 5.37. The summed E-state index contributed by atoms with van der Waals surface area (Å²) < 4.78 is 0. The highest BCUT2D eigenvalue weighted by molar-refractivity contribution is 6.15. The van der Waals surface area contributed by atoms with Crippen LogP contribution in [0.5, 0.6) is 0 Å². The molecule has 1 aromatic heterocycles. The molecular formula is C56H61N3. The molecule has 2 heterocycles. The Morgan fingerprint density at radius 2 is 1.69 bits per heavy atom. The molecule has 1 aliphatic heterocycles. The van der Waals surface area contributed by atoms with Crippen LogP contribution in [-0.4, -0.2) is 16.9 Å². The van der Waals surface area contributed by atoms with Crippen molar-refractivity contribution < 1.29 is 0 Å². The number of pyridine rings is 1. The first-order valence-electron chi connectivity index (χ1n) is 20.6. The molecule has 3 heteroatoms. The summed E-state index contributed by atoms with van der Waals surface area (Å²) >= 11 is 0. The summed E-state index contributed by atoms with van der Waals surface area (Å²) in [6.45, 7) is 26.9. The normalized spacial score (nSPS) is 20.6. The van der Waals surface area contributed by atoms with E-state index in [4.69, 9.17) is 4.99 Å². The number of hydrogen-bond acceptors (Lipinski definition) is 3. The number of hydrogen-bond donors (Lipinski definition) is 1. The minimum Gasteiger partial charge on any atom is -0.363 e. The molecule has 2 aliphatic rings. The monoisotopic (exact) mass is 775 g/mol. The Bertz CT molecular complexity index is 2190. The fourth-order valence-corrected chi connectivity index (χ4v) is 6.59. The van der Waals surface area contributed by atoms with Crippen LogP contribution >= 0.6 is 0 Å². The average Bonchev–Trinajstić information content (AvgIpc) is 3.26. The number of unbranched alkanes of at least 4 members (excludes halogenated alkanes) is 2. The van der Waals surface area contributed by atoms with Crippen molar-refractivity contribution in [2.24, 2.45) is 10.9 Å². The first kappa shape index (κ1) is 45.2. The van der Waals surface area contributed by atoms with E-state index in [1.54, 1.807) is 6.20 Å². The zero-order chi connectivity index (χ0) is 42.1. The summed E-state index contributed by atoms with van der Waals surface area (Å²) in [5.41, 5.74) is 14.4. The predicted octanol–water partition coefficient (Wildman–Crippen LogP) is 14.7. The van der Waals surface area contributed by atoms with Gasteiger partial charge in [-0.2, -0.15) is 0 Å². The van der Waals surface area contributed by atoms with Gasteiger partial charge in [0.1, 0.15) is 6.17 Å². The highest BCUT2D eigenvalue weighted by atomic mass is 15.1. The number of aromatic nitrogens is 1. The molecule has 2 aromatic rings. The second-order valence-electron chi connectivity index (χ2n) is 14.5. The van der Waals surface area contributed by atoms with E-state index in [0.717, 1.165) is 106 Å². The zero-order valence-electron chi connectivity index (χ0n) is 35.0. The summed E-state index contributed by atoms with van der Waals surface area (Å²) in [5.74, 6) is -0.0609. The molecule has 0 fully saturated rings. The Labute approximate surface area is 355 Å². The van der Waals surface area contributed by atoms with E-state index in [1.165, 1.54) is 0 Å². The van der Waals surface area contributed by atoms with E-state index < -0.39 is 0 Å². The van der Waals surface area contributed by atoms with Crippen LogP contribution in [0.4, 0.5) is 0 Å². The van der Waals surface area contributed by atoms with Crippen LogP contribution in [-0.2, 0) is 0 Å². The molecule has 300 valence electrons. The van der Waals surface area contributed by atoms with Crippen molar-refractivity contribution in [2.45, 2.75) is 64.5 Å². The third kappa shape index (κ3) is 15.4. The van der Waals surface area contributed by atoms with E-state index in [9.17, 15) is 0 Å². The predicted molar refractivity (Wildman–Crippen MR) is 260 cm³/mol. The van der Waals surface area contributed by atoms with Crippen molar-refractivity contribution >= 4 is 23.1 Å². The average molecular weight is 776 g/mol. The molecule has 4 rings (SSSR count). The van der Waals surface area contributed by atoms with Crippen LogP contribution in [0.15, 0.2) is 236 Å². The molecule has 1 aliphatic carbocycles. The first-order chi connectivity index (χ1) is 28.9. The number of nitrogens with one attached hydrogen (secondary N) is 1. The fourth-order valence-electron chi connectivity index (χ4n) is 6.59. The molecule has 0 bridgehead atoms. The Balaban J connectivity index is 1.66. The molecule has 0 saturated heterocycles. The third-order valence-electron chi connectivity index (χ3n) is 9.95. The van der Waals surface area contributed by atoms with Gasteiger partial charge in [-0.1, -0.05) is 148 Å². The van der Waals surface area contributed by atoms with Gasteiger partial charge >= 0.3 is 0 Å². The van der Waals surface area contributed by atoms with Crippen molar-refractivity contribution in [1.82, 2.24) is 10.3 Å². The van der Waals surface area contributed by atoms with Crippen molar-refractivity contribution in [2.75, 3.05) is 0 Å². The molecule has 0 amide bonds. The molecule has 0 radical (unpaired) electrons. The lowest BCUT2D eigenvalue weighted by Gasteiger charge is -2.30. The zero-order valence-corrected chi connectivity index (χ0v) is 35.0. The van der Waals surface area contributed by atoms with Gasteiger partial charge in [-0.3, -0.25) is 9.98 Å². The molecule has 1 aromatic carbocycles. The van der Waals surface area contributed by atoms with Crippen molar-refractivity contribution in [3.05, 3.63) is 248 Å². The van der Waals surface area contributed by atoms with Crippen molar-refractivity contribution in [1.29, 1.82) is 0 Å². The summed E-state index contributed by atoms with van der Waals surface area (Å²) in [5, 5.41) is 3.80. The topological polar surface area (TPSA) is 37.3 Å². The van der Waals surface area contributed by atoms with Gasteiger partial charge in [0, 0.05) is 29.6 Å². The van der Waals surface area contributed by atoms with Crippen LogP contribution in [0.1, 0.15) is 75.0 Å². The minimum atomic E-state index is -0.300.